The van der Waals surface area contributed by atoms with Gasteiger partial charge in [-0.05, 0) is 30.6 Å². The van der Waals surface area contributed by atoms with Crippen LogP contribution in [-0.4, -0.2) is 16.1 Å². The number of rotatable bonds is 3. The quantitative estimate of drug-likeness (QED) is 0.646. The van der Waals surface area contributed by atoms with Crippen LogP contribution >= 0.6 is 0 Å². The zero-order chi connectivity index (χ0) is 13.7. The molecule has 5 heteroatoms. The molecule has 2 aliphatic carbocycles. The second kappa shape index (κ2) is 4.07. The van der Waals surface area contributed by atoms with Crippen LogP contribution < -0.4 is 16.0 Å². The Balaban J connectivity index is 1.82. The van der Waals surface area contributed by atoms with E-state index in [1.807, 2.05) is 0 Å². The lowest BCUT2D eigenvalue weighted by molar-refractivity contribution is 0.0273. The number of hydrazine groups is 1. The number of nitrogens with zero attached hydrogens (tertiary/aromatic N) is 2. The molecule has 2 fully saturated rings. The lowest BCUT2D eigenvalue weighted by Crippen LogP contribution is -2.39. The summed E-state index contributed by atoms with van der Waals surface area (Å²) in [4.78, 5) is 8.25. The number of fused-ring (bicyclic) bond motifs is 2. The molecule has 0 saturated heterocycles. The lowest BCUT2D eigenvalue weighted by Gasteiger charge is -2.38. The molecule has 0 aliphatic heterocycles. The van der Waals surface area contributed by atoms with Crippen LogP contribution in [0.4, 0.5) is 5.95 Å². The number of anilines is 1. The second-order valence-electron chi connectivity index (χ2n) is 6.58. The number of nitrogens with two attached hydrogens (primary N) is 1. The van der Waals surface area contributed by atoms with Gasteiger partial charge in [0, 0.05) is 17.7 Å². The average molecular weight is 262 g/mol. The molecular formula is C14H22N4O. The van der Waals surface area contributed by atoms with Gasteiger partial charge in [0.15, 0.2) is 0 Å². The van der Waals surface area contributed by atoms with Crippen LogP contribution in [0.2, 0.25) is 0 Å². The molecule has 3 N–H and O–H groups in total. The maximum atomic E-state index is 6.14. The summed E-state index contributed by atoms with van der Waals surface area (Å²) >= 11 is 0. The number of ether oxygens (including phenoxy) is 1. The Bertz CT molecular complexity index is 490. The number of hydrogen-bond acceptors (Lipinski definition) is 5. The zero-order valence-electron chi connectivity index (χ0n) is 11.8. The van der Waals surface area contributed by atoms with Crippen molar-refractivity contribution in [3.05, 3.63) is 12.3 Å². The highest BCUT2D eigenvalue weighted by Gasteiger charge is 2.62. The van der Waals surface area contributed by atoms with Gasteiger partial charge >= 0.3 is 0 Å². The molecule has 5 nitrogen and oxygen atoms in total. The summed E-state index contributed by atoms with van der Waals surface area (Å²) in [5.74, 6) is 7.09. The van der Waals surface area contributed by atoms with E-state index in [-0.39, 0.29) is 11.5 Å². The molecule has 0 aromatic carbocycles. The summed E-state index contributed by atoms with van der Waals surface area (Å²) in [5, 5.41) is 0. The van der Waals surface area contributed by atoms with Gasteiger partial charge in [0.05, 0.1) is 0 Å². The van der Waals surface area contributed by atoms with E-state index in [1.165, 1.54) is 12.8 Å². The molecule has 2 aliphatic rings. The Kier molecular flexibility index (Phi) is 2.71. The predicted octanol–water partition coefficient (Wildman–Crippen LogP) is 2.36. The van der Waals surface area contributed by atoms with E-state index in [2.05, 4.69) is 36.2 Å². The summed E-state index contributed by atoms with van der Waals surface area (Å²) in [6, 6.07) is 1.79. The predicted molar refractivity (Wildman–Crippen MR) is 73.5 cm³/mol. The van der Waals surface area contributed by atoms with Crippen molar-refractivity contribution in [2.24, 2.45) is 22.6 Å². The van der Waals surface area contributed by atoms with Gasteiger partial charge < -0.3 is 4.74 Å². The van der Waals surface area contributed by atoms with Crippen molar-refractivity contribution in [1.29, 1.82) is 0 Å². The van der Waals surface area contributed by atoms with Gasteiger partial charge in [0.1, 0.15) is 6.10 Å². The molecule has 2 saturated carbocycles. The monoisotopic (exact) mass is 262 g/mol. The Morgan fingerprint density at radius 2 is 2.21 bits per heavy atom. The van der Waals surface area contributed by atoms with Crippen LogP contribution in [0, 0.1) is 16.7 Å². The Morgan fingerprint density at radius 3 is 2.79 bits per heavy atom. The van der Waals surface area contributed by atoms with Gasteiger partial charge in [-0.3, -0.25) is 5.43 Å². The molecule has 0 amide bonds. The van der Waals surface area contributed by atoms with Crippen molar-refractivity contribution in [2.45, 2.75) is 46.1 Å². The summed E-state index contributed by atoms with van der Waals surface area (Å²) in [5.41, 5.74) is 3.03. The van der Waals surface area contributed by atoms with Crippen molar-refractivity contribution in [1.82, 2.24) is 9.97 Å². The molecule has 0 radical (unpaired) electrons. The topological polar surface area (TPSA) is 73.1 Å². The van der Waals surface area contributed by atoms with Gasteiger partial charge in [0.2, 0.25) is 11.8 Å². The fraction of sp³-hybridized carbons (Fsp3) is 0.714. The van der Waals surface area contributed by atoms with Crippen LogP contribution in [0.5, 0.6) is 5.88 Å². The minimum absolute atomic E-state index is 0.235. The Morgan fingerprint density at radius 1 is 1.42 bits per heavy atom. The van der Waals surface area contributed by atoms with Crippen LogP contribution in [-0.2, 0) is 0 Å². The van der Waals surface area contributed by atoms with Crippen molar-refractivity contribution in [3.8, 4) is 5.88 Å². The molecule has 2 bridgehead atoms. The third kappa shape index (κ3) is 1.71. The van der Waals surface area contributed by atoms with E-state index >= 15 is 0 Å². The summed E-state index contributed by atoms with van der Waals surface area (Å²) in [6.07, 6.45) is 5.59. The maximum absolute atomic E-state index is 6.14. The van der Waals surface area contributed by atoms with E-state index in [0.29, 0.717) is 17.2 Å². The smallest absolute Gasteiger partial charge is 0.240 e. The summed E-state index contributed by atoms with van der Waals surface area (Å²) < 4.78 is 6.14. The molecule has 104 valence electrons. The highest BCUT2D eigenvalue weighted by Crippen LogP contribution is 2.66. The van der Waals surface area contributed by atoms with Gasteiger partial charge in [-0.2, -0.15) is 4.98 Å². The Labute approximate surface area is 113 Å². The van der Waals surface area contributed by atoms with Crippen molar-refractivity contribution >= 4 is 5.95 Å². The first kappa shape index (κ1) is 12.7. The third-order valence-corrected chi connectivity index (χ3v) is 5.74. The van der Waals surface area contributed by atoms with E-state index in [0.717, 1.165) is 12.3 Å². The second-order valence-corrected chi connectivity index (χ2v) is 6.58. The highest BCUT2D eigenvalue weighted by molar-refractivity contribution is 5.26. The molecule has 3 unspecified atom stereocenters. The van der Waals surface area contributed by atoms with Crippen LogP contribution in [0.3, 0.4) is 0 Å². The average Bonchev–Trinajstić information content (AvgIpc) is 2.72. The number of aromatic nitrogens is 2. The molecule has 19 heavy (non-hydrogen) atoms. The van der Waals surface area contributed by atoms with Gasteiger partial charge in [-0.25, -0.2) is 10.8 Å². The fourth-order valence-electron chi connectivity index (χ4n) is 3.93. The van der Waals surface area contributed by atoms with Crippen molar-refractivity contribution in [2.75, 3.05) is 5.43 Å². The zero-order valence-corrected chi connectivity index (χ0v) is 11.8. The number of hydrogen-bond donors (Lipinski definition) is 2. The molecule has 3 rings (SSSR count). The molecule has 3 atom stereocenters. The lowest BCUT2D eigenvalue weighted by atomic mass is 9.70. The largest absolute Gasteiger partial charge is 0.474 e. The number of nitrogen functional groups attached to an aromatic ring is 1. The molecular weight excluding hydrogens is 240 g/mol. The SMILES string of the molecule is CC1(C)C2CCC1(C)C(Oc1ccnc(NN)n1)C2. The van der Waals surface area contributed by atoms with Crippen molar-refractivity contribution < 1.29 is 4.74 Å². The number of nitrogens with one attached hydrogen (secondary N) is 1. The maximum Gasteiger partial charge on any atom is 0.240 e. The minimum atomic E-state index is 0.235. The van der Waals surface area contributed by atoms with E-state index in [9.17, 15) is 0 Å². The molecule has 0 spiro atoms. The molecule has 1 heterocycles. The first-order chi connectivity index (χ1) is 8.97. The van der Waals surface area contributed by atoms with E-state index in [4.69, 9.17) is 10.6 Å². The highest BCUT2D eigenvalue weighted by atomic mass is 16.5. The van der Waals surface area contributed by atoms with Gasteiger partial charge in [-0.1, -0.05) is 20.8 Å². The van der Waals surface area contributed by atoms with Crippen LogP contribution in [0.1, 0.15) is 40.0 Å². The van der Waals surface area contributed by atoms with E-state index in [1.54, 1.807) is 12.3 Å². The standard InChI is InChI=1S/C14H22N4O/c1-13(2)9-4-6-14(13,3)10(8-9)19-11-5-7-16-12(17-11)18-15/h5,7,9-10H,4,6,8,15H2,1-3H3,(H,16,17,18). The minimum Gasteiger partial charge on any atom is -0.474 e. The summed E-state index contributed by atoms with van der Waals surface area (Å²) in [7, 11) is 0. The third-order valence-electron chi connectivity index (χ3n) is 5.74. The molecule has 1 aromatic rings. The fourth-order valence-corrected chi connectivity index (χ4v) is 3.93. The Hall–Kier alpha value is -1.36. The first-order valence-electron chi connectivity index (χ1n) is 6.94. The summed E-state index contributed by atoms with van der Waals surface area (Å²) in [6.45, 7) is 7.11. The first-order valence-corrected chi connectivity index (χ1v) is 6.94. The van der Waals surface area contributed by atoms with Gasteiger partial charge in [-0.15, -0.1) is 0 Å². The molecule has 1 aromatic heterocycles. The van der Waals surface area contributed by atoms with Gasteiger partial charge in [0.25, 0.3) is 0 Å². The van der Waals surface area contributed by atoms with Crippen molar-refractivity contribution in [3.63, 3.8) is 0 Å². The van der Waals surface area contributed by atoms with Crippen LogP contribution in [0.15, 0.2) is 12.3 Å². The van der Waals surface area contributed by atoms with E-state index < -0.39 is 0 Å². The normalized spacial score (nSPS) is 35.4. The van der Waals surface area contributed by atoms with Crippen LogP contribution in [0.25, 0.3) is 0 Å².